The lowest BCUT2D eigenvalue weighted by Gasteiger charge is -2.11. The van der Waals surface area contributed by atoms with Crippen LogP contribution in [0.15, 0.2) is 229 Å². The Morgan fingerprint density at radius 1 is 0.254 bits per heavy atom. The normalized spacial score (nSPS) is 11.5. The fourth-order valence-corrected chi connectivity index (χ4v) is 8.82. The van der Waals surface area contributed by atoms with Crippen LogP contribution in [0.5, 0.6) is 0 Å². The Kier molecular flexibility index (Phi) is 8.79. The summed E-state index contributed by atoms with van der Waals surface area (Å²) in [5.41, 5.74) is 13.9. The van der Waals surface area contributed by atoms with Crippen molar-refractivity contribution in [2.24, 2.45) is 0 Å². The summed E-state index contributed by atoms with van der Waals surface area (Å²) in [6.45, 7) is 0. The molecule has 0 aliphatic heterocycles. The summed E-state index contributed by atoms with van der Waals surface area (Å²) in [6, 6.07) is 78.9. The van der Waals surface area contributed by atoms with Gasteiger partial charge in [-0.3, -0.25) is 0 Å². The molecule has 0 aliphatic rings. The van der Waals surface area contributed by atoms with Gasteiger partial charge in [0.15, 0.2) is 17.5 Å². The third kappa shape index (κ3) is 6.80. The average Bonchev–Trinajstić information content (AvgIpc) is 3.75. The van der Waals surface area contributed by atoms with E-state index in [4.69, 9.17) is 19.4 Å². The van der Waals surface area contributed by atoms with E-state index in [-0.39, 0.29) is 0 Å². The third-order valence-electron chi connectivity index (χ3n) is 12.1. The summed E-state index contributed by atoms with van der Waals surface area (Å²) in [7, 11) is 0. The number of nitrogens with zero attached hydrogens (tertiary/aromatic N) is 3. The second-order valence-corrected chi connectivity index (χ2v) is 16.0. The van der Waals surface area contributed by atoms with Gasteiger partial charge in [-0.1, -0.05) is 188 Å². The highest BCUT2D eigenvalue weighted by Gasteiger charge is 2.17. The molecule has 0 aliphatic carbocycles. The lowest BCUT2D eigenvalue weighted by molar-refractivity contribution is 0.669. The van der Waals surface area contributed by atoms with Crippen molar-refractivity contribution < 1.29 is 4.42 Å². The van der Waals surface area contributed by atoms with Crippen molar-refractivity contribution in [2.45, 2.75) is 0 Å². The van der Waals surface area contributed by atoms with Crippen LogP contribution in [0, 0.1) is 0 Å². The predicted octanol–water partition coefficient (Wildman–Crippen LogP) is 15.7. The molecule has 12 aromatic rings. The van der Waals surface area contributed by atoms with E-state index in [1.165, 1.54) is 27.6 Å². The van der Waals surface area contributed by atoms with E-state index in [1.54, 1.807) is 0 Å². The van der Waals surface area contributed by atoms with E-state index in [1.807, 2.05) is 6.07 Å². The molecule has 4 nitrogen and oxygen atoms in total. The minimum Gasteiger partial charge on any atom is -0.456 e. The third-order valence-corrected chi connectivity index (χ3v) is 12.1. The van der Waals surface area contributed by atoms with Crippen molar-refractivity contribution in [1.82, 2.24) is 15.0 Å². The van der Waals surface area contributed by atoms with Crippen LogP contribution in [0.25, 0.3) is 122 Å². The molecular weight excluding hydrogens is 767 g/mol. The molecule has 10 aromatic carbocycles. The number of hydrogen-bond acceptors (Lipinski definition) is 4. The number of hydrogen-bond donors (Lipinski definition) is 0. The van der Waals surface area contributed by atoms with E-state index >= 15 is 0 Å². The Labute approximate surface area is 364 Å². The van der Waals surface area contributed by atoms with Gasteiger partial charge in [-0.2, -0.15) is 0 Å². The molecule has 63 heavy (non-hydrogen) atoms. The van der Waals surface area contributed by atoms with Gasteiger partial charge in [0.05, 0.1) is 0 Å². The largest absolute Gasteiger partial charge is 0.456 e. The van der Waals surface area contributed by atoms with Gasteiger partial charge < -0.3 is 4.42 Å². The van der Waals surface area contributed by atoms with Crippen molar-refractivity contribution in [3.63, 3.8) is 0 Å². The Morgan fingerprint density at radius 2 is 0.683 bits per heavy atom. The van der Waals surface area contributed by atoms with Crippen LogP contribution in [0.2, 0.25) is 0 Å². The van der Waals surface area contributed by atoms with Crippen LogP contribution < -0.4 is 0 Å². The molecule has 0 unspecified atom stereocenters. The predicted molar refractivity (Wildman–Crippen MR) is 260 cm³/mol. The van der Waals surface area contributed by atoms with Gasteiger partial charge in [0.2, 0.25) is 0 Å². The molecule has 0 N–H and O–H groups in total. The molecule has 0 radical (unpaired) electrons. The summed E-state index contributed by atoms with van der Waals surface area (Å²) in [5.74, 6) is 1.89. The van der Waals surface area contributed by atoms with E-state index < -0.39 is 0 Å². The molecule has 0 saturated carbocycles. The summed E-state index contributed by atoms with van der Waals surface area (Å²) in [6.07, 6.45) is 0. The summed E-state index contributed by atoms with van der Waals surface area (Å²) in [4.78, 5) is 15.3. The van der Waals surface area contributed by atoms with Gasteiger partial charge in [-0.15, -0.1) is 0 Å². The first-order valence-corrected chi connectivity index (χ1v) is 21.2. The zero-order valence-electron chi connectivity index (χ0n) is 34.1. The maximum atomic E-state index is 6.45. The molecule has 12 rings (SSSR count). The lowest BCUT2D eigenvalue weighted by atomic mass is 9.95. The van der Waals surface area contributed by atoms with Gasteiger partial charge >= 0.3 is 0 Å². The molecule has 2 heterocycles. The number of fused-ring (bicyclic) bond motifs is 5. The molecular formula is C59H37N3O. The van der Waals surface area contributed by atoms with E-state index in [0.717, 1.165) is 77.0 Å². The minimum absolute atomic E-state index is 0.626. The molecule has 0 spiro atoms. The van der Waals surface area contributed by atoms with E-state index in [0.29, 0.717) is 17.5 Å². The maximum absolute atomic E-state index is 6.45. The summed E-state index contributed by atoms with van der Waals surface area (Å²) >= 11 is 0. The second kappa shape index (κ2) is 15.2. The number of aromatic nitrogens is 3. The van der Waals surface area contributed by atoms with Gasteiger partial charge in [-0.25, -0.2) is 15.0 Å². The molecule has 0 fully saturated rings. The topological polar surface area (TPSA) is 51.8 Å². The Hall–Kier alpha value is -8.47. The quantitative estimate of drug-likeness (QED) is 0.161. The van der Waals surface area contributed by atoms with Gasteiger partial charge in [0.25, 0.3) is 0 Å². The highest BCUT2D eigenvalue weighted by molar-refractivity contribution is 6.14. The fraction of sp³-hybridized carbons (Fsp3) is 0. The zero-order valence-corrected chi connectivity index (χ0v) is 34.1. The lowest BCUT2D eigenvalue weighted by Crippen LogP contribution is -2.00. The molecule has 0 amide bonds. The standard InChI is InChI=1S/C59H37N3O/c1-3-10-38(11-4-1)41-18-20-43(21-19-41)48-32-33-54-53(37-48)56-52(16-9-17-55(56)63-54)49-29-27-47-36-51(31-28-46(47)34-49)59-61-57(44-25-22-42(23-26-44)39-12-5-2-6-13-39)60-58(62-59)50-30-24-40-14-7-8-15-45(40)35-50/h1-37H. The van der Waals surface area contributed by atoms with Crippen molar-refractivity contribution >= 4 is 43.5 Å². The van der Waals surface area contributed by atoms with Crippen molar-refractivity contribution in [3.8, 4) is 78.7 Å². The van der Waals surface area contributed by atoms with Crippen LogP contribution in [0.1, 0.15) is 0 Å². The van der Waals surface area contributed by atoms with Gasteiger partial charge in [-0.05, 0) is 102 Å². The highest BCUT2D eigenvalue weighted by Crippen LogP contribution is 2.40. The number of rotatable bonds is 7. The highest BCUT2D eigenvalue weighted by atomic mass is 16.3. The van der Waals surface area contributed by atoms with Crippen LogP contribution in [-0.4, -0.2) is 15.0 Å². The molecule has 2 aromatic heterocycles. The first-order chi connectivity index (χ1) is 31.2. The molecule has 294 valence electrons. The first kappa shape index (κ1) is 36.4. The summed E-state index contributed by atoms with van der Waals surface area (Å²) < 4.78 is 6.45. The van der Waals surface area contributed by atoms with Crippen LogP contribution >= 0.6 is 0 Å². The molecule has 0 atom stereocenters. The van der Waals surface area contributed by atoms with Crippen LogP contribution in [-0.2, 0) is 0 Å². The Balaban J connectivity index is 0.916. The van der Waals surface area contributed by atoms with Crippen LogP contribution in [0.4, 0.5) is 0 Å². The van der Waals surface area contributed by atoms with Crippen molar-refractivity contribution in [3.05, 3.63) is 224 Å². The summed E-state index contributed by atoms with van der Waals surface area (Å²) in [5, 5.41) is 6.75. The fourth-order valence-electron chi connectivity index (χ4n) is 8.82. The van der Waals surface area contributed by atoms with Gasteiger partial charge in [0, 0.05) is 27.5 Å². The van der Waals surface area contributed by atoms with Crippen molar-refractivity contribution in [1.29, 1.82) is 0 Å². The maximum Gasteiger partial charge on any atom is 0.164 e. The smallest absolute Gasteiger partial charge is 0.164 e. The minimum atomic E-state index is 0.626. The number of benzene rings is 10. The van der Waals surface area contributed by atoms with Crippen LogP contribution in [0.3, 0.4) is 0 Å². The molecule has 0 bridgehead atoms. The van der Waals surface area contributed by atoms with E-state index in [2.05, 4.69) is 218 Å². The first-order valence-electron chi connectivity index (χ1n) is 21.2. The Bertz CT molecular complexity index is 3650. The average molecular weight is 804 g/mol. The van der Waals surface area contributed by atoms with Gasteiger partial charge in [0.1, 0.15) is 11.2 Å². The SMILES string of the molecule is c1ccc(-c2ccc(-c3ccc4oc5cccc(-c6ccc7cc(-c8nc(-c9ccc(-c%10ccccc%10)cc9)nc(-c9ccc%10ccccc%10c9)n8)ccc7c6)c5c4c3)cc2)cc1. The van der Waals surface area contributed by atoms with E-state index in [9.17, 15) is 0 Å². The monoisotopic (exact) mass is 803 g/mol. The van der Waals surface area contributed by atoms with Crippen molar-refractivity contribution in [2.75, 3.05) is 0 Å². The zero-order chi connectivity index (χ0) is 41.7. The molecule has 4 heteroatoms. The number of furan rings is 1. The second-order valence-electron chi connectivity index (χ2n) is 16.0. The molecule has 0 saturated heterocycles. The Morgan fingerprint density at radius 3 is 1.30 bits per heavy atom.